The highest BCUT2D eigenvalue weighted by Crippen LogP contribution is 2.24. The van der Waals surface area contributed by atoms with Crippen molar-refractivity contribution in [2.24, 2.45) is 7.05 Å². The van der Waals surface area contributed by atoms with Gasteiger partial charge in [0.2, 0.25) is 0 Å². The van der Waals surface area contributed by atoms with E-state index in [1.165, 1.54) is 16.7 Å². The van der Waals surface area contributed by atoms with Crippen molar-refractivity contribution in [1.29, 1.82) is 0 Å². The first-order chi connectivity index (χ1) is 15.7. The summed E-state index contributed by atoms with van der Waals surface area (Å²) in [7, 11) is 2.06. The smallest absolute Gasteiger partial charge is 0.191 e. The molecule has 34 heavy (non-hydrogen) atoms. The zero-order valence-electron chi connectivity index (χ0n) is 20.4. The van der Waals surface area contributed by atoms with E-state index in [2.05, 4.69) is 75.8 Å². The summed E-state index contributed by atoms with van der Waals surface area (Å²) in [5.41, 5.74) is 5.61. The molecule has 3 aromatic rings. The largest absolute Gasteiger partial charge is 0.305 e. The third kappa shape index (κ3) is 7.22. The molecule has 0 radical (unpaired) electrons. The van der Waals surface area contributed by atoms with Gasteiger partial charge in [-0.05, 0) is 49.2 Å². The topological polar surface area (TPSA) is 37.2 Å². The predicted molar refractivity (Wildman–Crippen MR) is 148 cm³/mol. The number of benzene rings is 2. The fraction of sp³-hybridized carbons (Fsp3) is 0.462. The molecule has 0 spiro atoms. The minimum absolute atomic E-state index is 0. The number of nitrogens with zero attached hydrogens (tertiary/aromatic N) is 5. The molecule has 5 nitrogen and oxygen atoms in total. The summed E-state index contributed by atoms with van der Waals surface area (Å²) in [6.07, 6.45) is 2.32. The van der Waals surface area contributed by atoms with E-state index >= 15 is 0 Å². The summed E-state index contributed by atoms with van der Waals surface area (Å²) in [5.74, 6) is 1.99. The monoisotopic (exact) mass is 521 g/mol. The summed E-state index contributed by atoms with van der Waals surface area (Å²) in [6, 6.07) is 17.4. The number of rotatable bonds is 10. The van der Waals surface area contributed by atoms with Crippen molar-refractivity contribution in [3.63, 3.8) is 0 Å². The van der Waals surface area contributed by atoms with Gasteiger partial charge in [0.25, 0.3) is 0 Å². The summed E-state index contributed by atoms with van der Waals surface area (Å²) in [5, 5.41) is 9.80. The molecular formula is C26H37Cl2N5S. The van der Waals surface area contributed by atoms with Crippen LogP contribution in [0.3, 0.4) is 0 Å². The lowest BCUT2D eigenvalue weighted by atomic mass is 9.97. The predicted octanol–water partition coefficient (Wildman–Crippen LogP) is 5.71. The molecule has 4 rings (SSSR count). The molecule has 0 fully saturated rings. The van der Waals surface area contributed by atoms with Crippen LogP contribution >= 0.6 is 36.6 Å². The quantitative estimate of drug-likeness (QED) is 0.252. The summed E-state index contributed by atoms with van der Waals surface area (Å²) < 4.78 is 2.11. The summed E-state index contributed by atoms with van der Waals surface area (Å²) >= 11 is 1.81. The zero-order chi connectivity index (χ0) is 22.3. The van der Waals surface area contributed by atoms with Crippen LogP contribution in [0.25, 0.3) is 11.4 Å². The number of hydrogen-bond acceptors (Lipinski definition) is 5. The van der Waals surface area contributed by atoms with Crippen LogP contribution in [0.4, 0.5) is 0 Å². The number of hydrogen-bond donors (Lipinski definition) is 0. The van der Waals surface area contributed by atoms with Crippen molar-refractivity contribution in [2.45, 2.75) is 44.9 Å². The summed E-state index contributed by atoms with van der Waals surface area (Å²) in [6.45, 7) is 11.1. The van der Waals surface area contributed by atoms with Gasteiger partial charge < -0.3 is 4.57 Å². The van der Waals surface area contributed by atoms with Gasteiger partial charge >= 0.3 is 0 Å². The molecule has 0 saturated carbocycles. The van der Waals surface area contributed by atoms with Crippen LogP contribution in [0.1, 0.15) is 37.0 Å². The molecular weight excluding hydrogens is 485 g/mol. The number of halogens is 2. The standard InChI is InChI=1S/C26H35N5S.2ClH/c1-4-30(5-2)19-21-12-13-22-14-16-31(20-24(22)18-21)15-9-17-32-26-28-27-25(29(26)3)23-10-7-6-8-11-23;;/h6-8,10-13,18H,4-5,9,14-17,19-20H2,1-3H3;2*1H. The molecule has 2 aromatic carbocycles. The van der Waals surface area contributed by atoms with Crippen molar-refractivity contribution < 1.29 is 0 Å². The second-order valence-corrected chi connectivity index (χ2v) is 9.59. The molecule has 0 saturated heterocycles. The second-order valence-electron chi connectivity index (χ2n) is 8.52. The molecule has 0 atom stereocenters. The third-order valence-corrected chi connectivity index (χ3v) is 7.49. The van der Waals surface area contributed by atoms with E-state index in [4.69, 9.17) is 0 Å². The van der Waals surface area contributed by atoms with Gasteiger partial charge in [0.15, 0.2) is 11.0 Å². The lowest BCUT2D eigenvalue weighted by Crippen LogP contribution is -2.32. The number of thioether (sulfide) groups is 1. The van der Waals surface area contributed by atoms with Crippen molar-refractivity contribution >= 4 is 36.6 Å². The highest BCUT2D eigenvalue weighted by Gasteiger charge is 2.17. The van der Waals surface area contributed by atoms with Gasteiger partial charge in [0.1, 0.15) is 0 Å². The fourth-order valence-corrected chi connectivity index (χ4v) is 5.23. The van der Waals surface area contributed by atoms with E-state index in [1.54, 1.807) is 0 Å². The average Bonchev–Trinajstić information content (AvgIpc) is 3.20. The zero-order valence-corrected chi connectivity index (χ0v) is 22.9. The van der Waals surface area contributed by atoms with Crippen molar-refractivity contribution in [3.8, 4) is 11.4 Å². The van der Waals surface area contributed by atoms with Gasteiger partial charge in [-0.15, -0.1) is 35.0 Å². The van der Waals surface area contributed by atoms with E-state index in [-0.39, 0.29) is 24.8 Å². The molecule has 0 N–H and O–H groups in total. The van der Waals surface area contributed by atoms with Gasteiger partial charge in [-0.3, -0.25) is 9.80 Å². The molecule has 186 valence electrons. The van der Waals surface area contributed by atoms with E-state index in [1.807, 2.05) is 30.0 Å². The van der Waals surface area contributed by atoms with Gasteiger partial charge in [-0.2, -0.15) is 0 Å². The van der Waals surface area contributed by atoms with E-state index in [0.717, 1.165) is 74.4 Å². The summed E-state index contributed by atoms with van der Waals surface area (Å²) in [4.78, 5) is 5.09. The van der Waals surface area contributed by atoms with Crippen molar-refractivity contribution in [3.05, 3.63) is 65.2 Å². The highest BCUT2D eigenvalue weighted by molar-refractivity contribution is 7.99. The Morgan fingerprint density at radius 3 is 2.47 bits per heavy atom. The Morgan fingerprint density at radius 1 is 0.971 bits per heavy atom. The Labute approximate surface area is 221 Å². The molecule has 0 aliphatic carbocycles. The Bertz CT molecular complexity index is 1010. The van der Waals surface area contributed by atoms with Gasteiger partial charge in [0, 0.05) is 38.0 Å². The molecule has 1 aromatic heterocycles. The number of fused-ring (bicyclic) bond motifs is 1. The van der Waals surface area contributed by atoms with Crippen LogP contribution in [0, 0.1) is 0 Å². The Hall–Kier alpha value is -1.57. The first kappa shape index (κ1) is 28.7. The lowest BCUT2D eigenvalue weighted by molar-refractivity contribution is 0.254. The maximum absolute atomic E-state index is 4.41. The van der Waals surface area contributed by atoms with Gasteiger partial charge in [0.05, 0.1) is 0 Å². The highest BCUT2D eigenvalue weighted by atomic mass is 35.5. The average molecular weight is 523 g/mol. The van der Waals surface area contributed by atoms with Crippen LogP contribution in [0.15, 0.2) is 53.7 Å². The molecule has 0 amide bonds. The van der Waals surface area contributed by atoms with E-state index < -0.39 is 0 Å². The van der Waals surface area contributed by atoms with Gasteiger partial charge in [-0.25, -0.2) is 0 Å². The molecule has 2 heterocycles. The molecule has 0 bridgehead atoms. The number of aromatic nitrogens is 3. The molecule has 0 unspecified atom stereocenters. The van der Waals surface area contributed by atoms with Crippen molar-refractivity contribution in [2.75, 3.05) is 31.9 Å². The first-order valence-electron chi connectivity index (χ1n) is 11.8. The maximum Gasteiger partial charge on any atom is 0.191 e. The normalized spacial score (nSPS) is 13.3. The van der Waals surface area contributed by atoms with E-state index in [0.29, 0.717) is 0 Å². The first-order valence-corrected chi connectivity index (χ1v) is 12.8. The fourth-order valence-electron chi connectivity index (χ4n) is 4.39. The lowest BCUT2D eigenvalue weighted by Gasteiger charge is -2.29. The second kappa shape index (κ2) is 14.1. The minimum Gasteiger partial charge on any atom is -0.305 e. The Balaban J connectivity index is 0.00000204. The van der Waals surface area contributed by atoms with Crippen LogP contribution in [0.5, 0.6) is 0 Å². The van der Waals surface area contributed by atoms with E-state index in [9.17, 15) is 0 Å². The van der Waals surface area contributed by atoms with Crippen LogP contribution in [-0.2, 0) is 26.6 Å². The Morgan fingerprint density at radius 2 is 1.74 bits per heavy atom. The van der Waals surface area contributed by atoms with Crippen LogP contribution < -0.4 is 0 Å². The van der Waals surface area contributed by atoms with Crippen LogP contribution in [0.2, 0.25) is 0 Å². The minimum atomic E-state index is 0. The molecule has 1 aliphatic rings. The van der Waals surface area contributed by atoms with Crippen LogP contribution in [-0.4, -0.2) is 56.5 Å². The maximum atomic E-state index is 4.41. The Kier molecular flexibility index (Phi) is 11.9. The third-order valence-electron chi connectivity index (χ3n) is 6.38. The molecule has 8 heteroatoms. The van der Waals surface area contributed by atoms with Gasteiger partial charge in [-0.1, -0.05) is 74.1 Å². The van der Waals surface area contributed by atoms with Crippen molar-refractivity contribution in [1.82, 2.24) is 24.6 Å². The SMILES string of the molecule is CCN(CC)Cc1ccc2c(c1)CN(CCCSc1nnc(-c3ccccc3)n1C)CC2.Cl.Cl. The molecule has 1 aliphatic heterocycles.